The molecule has 0 bridgehead atoms. The van der Waals surface area contributed by atoms with Gasteiger partial charge in [0.15, 0.2) is 5.82 Å². The topological polar surface area (TPSA) is 99.0 Å². The predicted molar refractivity (Wildman–Crippen MR) is 193 cm³/mol. The lowest BCUT2D eigenvalue weighted by molar-refractivity contribution is -0.0704. The Morgan fingerprint density at radius 3 is 2.44 bits per heavy atom. The van der Waals surface area contributed by atoms with Crippen molar-refractivity contribution in [2.75, 3.05) is 63.6 Å². The van der Waals surface area contributed by atoms with E-state index in [4.69, 9.17) is 9.72 Å². The Morgan fingerprint density at radius 2 is 1.70 bits per heavy atom. The standard InChI is InChI=1S/C39H48FN7O3/c1-44-21-16-39(17-22-44)24-46(25-39)26-14-19-45(20-15-26)28-9-12-32-33(23-28)47(27-7-10-29(48)11-8-27)38(42-32)43-37(49)31-13-18-41-36(35(31)40)30-5-3-4-6-34(30)50-2/h3-6,9,12-13,18,23,26-27,29,48H,7-8,10-11,14-17,19-22,24-25H2,1-2H3,(H,42,43,49)/t27-,29+. The van der Waals surface area contributed by atoms with Crippen molar-refractivity contribution in [2.24, 2.45) is 5.41 Å². The minimum atomic E-state index is -0.719. The molecule has 5 heterocycles. The Morgan fingerprint density at radius 1 is 0.960 bits per heavy atom. The van der Waals surface area contributed by atoms with Crippen LogP contribution in [0.4, 0.5) is 16.0 Å². The van der Waals surface area contributed by atoms with Crippen LogP contribution in [0.25, 0.3) is 22.3 Å². The number of hydrogen-bond acceptors (Lipinski definition) is 8. The highest BCUT2D eigenvalue weighted by molar-refractivity contribution is 6.05. The number of carbonyl (C=O) groups excluding carboxylic acids is 1. The first-order valence-electron chi connectivity index (χ1n) is 18.3. The number of aromatic nitrogens is 3. The van der Waals surface area contributed by atoms with Gasteiger partial charge in [-0.3, -0.25) is 20.0 Å². The van der Waals surface area contributed by atoms with Crippen LogP contribution in [0.15, 0.2) is 54.7 Å². The lowest BCUT2D eigenvalue weighted by Crippen LogP contribution is -2.63. The summed E-state index contributed by atoms with van der Waals surface area (Å²) in [6.07, 6.45) is 8.98. The van der Waals surface area contributed by atoms with Gasteiger partial charge in [-0.2, -0.15) is 0 Å². The zero-order valence-corrected chi connectivity index (χ0v) is 29.2. The van der Waals surface area contributed by atoms with Gasteiger partial charge in [0.1, 0.15) is 11.4 Å². The number of halogens is 1. The van der Waals surface area contributed by atoms with Crippen LogP contribution in [0, 0.1) is 11.2 Å². The monoisotopic (exact) mass is 681 g/mol. The van der Waals surface area contributed by atoms with Crippen LogP contribution in [-0.4, -0.2) is 101 Å². The Hall–Kier alpha value is -4.06. The number of carbonyl (C=O) groups is 1. The van der Waals surface area contributed by atoms with Crippen molar-refractivity contribution in [1.82, 2.24) is 24.3 Å². The number of rotatable bonds is 7. The van der Waals surface area contributed by atoms with Gasteiger partial charge >= 0.3 is 0 Å². The normalized spacial score (nSPS) is 23.2. The second-order valence-corrected chi connectivity index (χ2v) is 15.0. The molecule has 2 N–H and O–H groups in total. The van der Waals surface area contributed by atoms with Crippen LogP contribution in [0.5, 0.6) is 5.75 Å². The largest absolute Gasteiger partial charge is 0.496 e. The van der Waals surface area contributed by atoms with E-state index in [-0.39, 0.29) is 23.4 Å². The maximum atomic E-state index is 16.0. The highest BCUT2D eigenvalue weighted by Crippen LogP contribution is 2.43. The summed E-state index contributed by atoms with van der Waals surface area (Å²) in [5.41, 5.74) is 3.83. The van der Waals surface area contributed by atoms with E-state index in [1.807, 2.05) is 6.07 Å². The number of amides is 1. The Kier molecular flexibility index (Phi) is 8.99. The second kappa shape index (κ2) is 13.6. The quantitative estimate of drug-likeness (QED) is 0.246. The molecular weight excluding hydrogens is 633 g/mol. The minimum Gasteiger partial charge on any atom is -0.496 e. The van der Waals surface area contributed by atoms with Gasteiger partial charge < -0.3 is 24.2 Å². The molecule has 4 aliphatic rings. The van der Waals surface area contributed by atoms with E-state index < -0.39 is 11.7 Å². The van der Waals surface area contributed by atoms with Crippen LogP contribution in [0.3, 0.4) is 0 Å². The molecule has 50 heavy (non-hydrogen) atoms. The number of fused-ring (bicyclic) bond motifs is 1. The molecule has 4 aromatic rings. The van der Waals surface area contributed by atoms with Crippen molar-refractivity contribution in [2.45, 2.75) is 69.6 Å². The Bertz CT molecular complexity index is 1850. The fraction of sp³-hybridized carbons (Fsp3) is 0.513. The van der Waals surface area contributed by atoms with Crippen molar-refractivity contribution < 1.29 is 19.0 Å². The van der Waals surface area contributed by atoms with Gasteiger partial charge in [0.25, 0.3) is 5.91 Å². The fourth-order valence-electron chi connectivity index (χ4n) is 8.84. The number of nitrogens with zero attached hydrogens (tertiary/aromatic N) is 6. The first-order valence-corrected chi connectivity index (χ1v) is 18.3. The van der Waals surface area contributed by atoms with Crippen LogP contribution < -0.4 is 15.0 Å². The number of pyridine rings is 1. The first-order chi connectivity index (χ1) is 24.3. The first kappa shape index (κ1) is 33.1. The Balaban J connectivity index is 1.03. The van der Waals surface area contributed by atoms with E-state index in [1.165, 1.54) is 58.4 Å². The van der Waals surface area contributed by atoms with Crippen molar-refractivity contribution in [1.29, 1.82) is 0 Å². The summed E-state index contributed by atoms with van der Waals surface area (Å²) in [7, 11) is 3.76. The molecule has 3 saturated heterocycles. The molecule has 10 nitrogen and oxygen atoms in total. The SMILES string of the molecule is COc1ccccc1-c1nccc(C(=O)Nc2nc3ccc(N4CCC(N5CC6(CCN(C)CC6)C5)CC4)cc3n2[C@H]2CC[C@@H](O)CC2)c1F. The number of aliphatic hydroxyl groups excluding tert-OH is 1. The van der Waals surface area contributed by atoms with Gasteiger partial charge in [-0.1, -0.05) is 12.1 Å². The molecular formula is C39H48FN7O3. The van der Waals surface area contributed by atoms with Gasteiger partial charge in [-0.15, -0.1) is 0 Å². The maximum Gasteiger partial charge on any atom is 0.261 e. The lowest BCUT2D eigenvalue weighted by atomic mass is 9.71. The molecule has 0 radical (unpaired) electrons. The summed E-state index contributed by atoms with van der Waals surface area (Å²) in [6.45, 7) is 6.98. The molecule has 0 atom stereocenters. The van der Waals surface area contributed by atoms with E-state index in [1.54, 1.807) is 24.3 Å². The predicted octanol–water partition coefficient (Wildman–Crippen LogP) is 5.97. The van der Waals surface area contributed by atoms with Gasteiger partial charge in [0, 0.05) is 55.7 Å². The average Bonchev–Trinajstić information content (AvgIpc) is 3.48. The van der Waals surface area contributed by atoms with E-state index in [0.717, 1.165) is 55.5 Å². The average molecular weight is 682 g/mol. The summed E-state index contributed by atoms with van der Waals surface area (Å²) in [5.74, 6) is -0.454. The van der Waals surface area contributed by atoms with Crippen molar-refractivity contribution in [3.8, 4) is 17.0 Å². The summed E-state index contributed by atoms with van der Waals surface area (Å²) < 4.78 is 23.5. The number of hydrogen-bond donors (Lipinski definition) is 2. The molecule has 11 heteroatoms. The number of para-hydroxylation sites is 1. The number of ether oxygens (including phenoxy) is 1. The van der Waals surface area contributed by atoms with Crippen molar-refractivity contribution in [3.05, 3.63) is 66.1 Å². The smallest absolute Gasteiger partial charge is 0.261 e. The highest BCUT2D eigenvalue weighted by Gasteiger charge is 2.46. The number of likely N-dealkylation sites (tertiary alicyclic amines) is 2. The molecule has 1 saturated carbocycles. The third-order valence-electron chi connectivity index (χ3n) is 11.9. The third kappa shape index (κ3) is 6.24. The summed E-state index contributed by atoms with van der Waals surface area (Å²) in [5, 5.41) is 13.3. The summed E-state index contributed by atoms with van der Waals surface area (Å²) in [4.78, 5) is 30.6. The molecule has 1 aliphatic carbocycles. The zero-order valence-electron chi connectivity index (χ0n) is 29.2. The number of benzene rings is 2. The number of piperidine rings is 2. The second-order valence-electron chi connectivity index (χ2n) is 15.0. The summed E-state index contributed by atoms with van der Waals surface area (Å²) >= 11 is 0. The molecule has 1 amide bonds. The van der Waals surface area contributed by atoms with E-state index in [0.29, 0.717) is 41.6 Å². The zero-order chi connectivity index (χ0) is 34.4. The van der Waals surface area contributed by atoms with E-state index >= 15 is 4.39 Å². The van der Waals surface area contributed by atoms with Crippen LogP contribution in [0.1, 0.15) is 67.8 Å². The number of imidazole rings is 1. The molecule has 8 rings (SSSR count). The van der Waals surface area contributed by atoms with Crippen molar-refractivity contribution in [3.63, 3.8) is 0 Å². The number of aliphatic hydroxyl groups is 1. The maximum absolute atomic E-state index is 16.0. The Labute approximate surface area is 293 Å². The number of anilines is 2. The number of methoxy groups -OCH3 is 1. The molecule has 4 fully saturated rings. The van der Waals surface area contributed by atoms with Gasteiger partial charge in [0.2, 0.25) is 5.95 Å². The molecule has 3 aliphatic heterocycles. The van der Waals surface area contributed by atoms with Gasteiger partial charge in [0.05, 0.1) is 29.8 Å². The van der Waals surface area contributed by atoms with Crippen LogP contribution in [-0.2, 0) is 0 Å². The van der Waals surface area contributed by atoms with Crippen molar-refractivity contribution >= 4 is 28.6 Å². The number of nitrogens with one attached hydrogen (secondary N) is 1. The van der Waals surface area contributed by atoms with Gasteiger partial charge in [-0.05, 0) is 113 Å². The summed E-state index contributed by atoms with van der Waals surface area (Å²) in [6, 6.07) is 15.5. The molecule has 2 aromatic carbocycles. The van der Waals surface area contributed by atoms with Gasteiger partial charge in [-0.25, -0.2) is 9.37 Å². The molecule has 2 aromatic heterocycles. The lowest BCUT2D eigenvalue weighted by Gasteiger charge is -2.57. The molecule has 0 unspecified atom stereocenters. The highest BCUT2D eigenvalue weighted by atomic mass is 19.1. The van der Waals surface area contributed by atoms with E-state index in [2.05, 4.69) is 48.7 Å². The van der Waals surface area contributed by atoms with Crippen LogP contribution in [0.2, 0.25) is 0 Å². The third-order valence-corrected chi connectivity index (χ3v) is 11.9. The molecule has 264 valence electrons. The minimum absolute atomic E-state index is 0.0458. The fourth-order valence-corrected chi connectivity index (χ4v) is 8.84. The molecule has 1 spiro atoms. The van der Waals surface area contributed by atoms with Crippen LogP contribution >= 0.6 is 0 Å². The van der Waals surface area contributed by atoms with E-state index in [9.17, 15) is 9.90 Å².